The van der Waals surface area contributed by atoms with E-state index in [0.29, 0.717) is 31.2 Å². The number of hydrogen-bond acceptors (Lipinski definition) is 2. The average Bonchev–Trinajstić information content (AvgIpc) is 2.60. The van der Waals surface area contributed by atoms with Crippen LogP contribution in [0.25, 0.3) is 0 Å². The van der Waals surface area contributed by atoms with Crippen LogP contribution in [0.1, 0.15) is 23.6 Å². The lowest BCUT2D eigenvalue weighted by atomic mass is 10.1. The van der Waals surface area contributed by atoms with E-state index in [-0.39, 0.29) is 17.4 Å². The summed E-state index contributed by atoms with van der Waals surface area (Å²) in [5, 5.41) is 6.26. The summed E-state index contributed by atoms with van der Waals surface area (Å²) in [5.41, 5.74) is 2.34. The number of guanidine groups is 1. The van der Waals surface area contributed by atoms with E-state index in [2.05, 4.69) is 15.6 Å². The highest BCUT2D eigenvalue weighted by Gasteiger charge is 2.05. The first kappa shape index (κ1) is 18.7. The molecule has 0 aliphatic rings. The normalized spacial score (nSPS) is 11.3. The van der Waals surface area contributed by atoms with Crippen LogP contribution < -0.4 is 15.4 Å². The van der Waals surface area contributed by atoms with Crippen LogP contribution in [0, 0.1) is 18.6 Å². The molecule has 0 amide bonds. The topological polar surface area (TPSA) is 45.6 Å². The van der Waals surface area contributed by atoms with Gasteiger partial charge in [0, 0.05) is 20.1 Å². The van der Waals surface area contributed by atoms with Crippen molar-refractivity contribution in [2.75, 3.05) is 13.7 Å². The molecule has 0 aromatic heterocycles. The highest BCUT2D eigenvalue weighted by atomic mass is 19.1. The Morgan fingerprint density at radius 1 is 1.00 bits per heavy atom. The summed E-state index contributed by atoms with van der Waals surface area (Å²) in [6.45, 7) is 4.90. The van der Waals surface area contributed by atoms with Gasteiger partial charge in [-0.15, -0.1) is 0 Å². The third-order valence-electron chi connectivity index (χ3n) is 3.66. The maximum absolute atomic E-state index is 13.9. The van der Waals surface area contributed by atoms with Crippen molar-refractivity contribution in [2.24, 2.45) is 4.99 Å². The van der Waals surface area contributed by atoms with E-state index in [9.17, 15) is 8.78 Å². The lowest BCUT2D eigenvalue weighted by Crippen LogP contribution is -2.36. The van der Waals surface area contributed by atoms with Crippen LogP contribution >= 0.6 is 0 Å². The van der Waals surface area contributed by atoms with Gasteiger partial charge in [-0.05, 0) is 48.7 Å². The van der Waals surface area contributed by atoms with E-state index in [0.717, 1.165) is 11.1 Å². The van der Waals surface area contributed by atoms with Crippen molar-refractivity contribution >= 4 is 5.96 Å². The van der Waals surface area contributed by atoms with E-state index in [1.807, 2.05) is 6.92 Å². The van der Waals surface area contributed by atoms with Gasteiger partial charge in [-0.25, -0.2) is 8.78 Å². The Hall–Kier alpha value is -2.63. The van der Waals surface area contributed by atoms with Crippen molar-refractivity contribution in [3.05, 3.63) is 64.7 Å². The van der Waals surface area contributed by atoms with E-state index in [1.165, 1.54) is 12.1 Å². The second-order valence-electron chi connectivity index (χ2n) is 5.56. The summed E-state index contributed by atoms with van der Waals surface area (Å²) in [4.78, 5) is 4.13. The summed E-state index contributed by atoms with van der Waals surface area (Å²) < 4.78 is 32.3. The molecule has 0 saturated carbocycles. The zero-order valence-electron chi connectivity index (χ0n) is 14.7. The predicted octanol–water partition coefficient (Wildman–Crippen LogP) is 3.54. The van der Waals surface area contributed by atoms with Gasteiger partial charge >= 0.3 is 0 Å². The van der Waals surface area contributed by atoms with Gasteiger partial charge in [0.05, 0.1) is 6.61 Å². The smallest absolute Gasteiger partial charge is 0.191 e. The summed E-state index contributed by atoms with van der Waals surface area (Å²) in [7, 11) is 1.66. The van der Waals surface area contributed by atoms with Crippen LogP contribution in [0.2, 0.25) is 0 Å². The van der Waals surface area contributed by atoms with Gasteiger partial charge in [0.25, 0.3) is 0 Å². The zero-order chi connectivity index (χ0) is 18.2. The van der Waals surface area contributed by atoms with E-state index in [4.69, 9.17) is 4.74 Å². The molecule has 0 radical (unpaired) electrons. The van der Waals surface area contributed by atoms with Crippen LogP contribution in [0.3, 0.4) is 0 Å². The Morgan fingerprint density at radius 3 is 2.20 bits per heavy atom. The van der Waals surface area contributed by atoms with E-state index >= 15 is 0 Å². The monoisotopic (exact) mass is 347 g/mol. The number of aryl methyl sites for hydroxylation is 1. The third kappa shape index (κ3) is 5.45. The van der Waals surface area contributed by atoms with Gasteiger partial charge in [-0.1, -0.05) is 18.2 Å². The highest BCUT2D eigenvalue weighted by Crippen LogP contribution is 2.18. The molecular formula is C19H23F2N3O. The van der Waals surface area contributed by atoms with Crippen LogP contribution in [0.15, 0.2) is 41.4 Å². The number of nitrogens with zero attached hydrogens (tertiary/aromatic N) is 1. The molecule has 6 heteroatoms. The molecule has 2 aromatic rings. The fraction of sp³-hybridized carbons (Fsp3) is 0.316. The summed E-state index contributed by atoms with van der Waals surface area (Å²) >= 11 is 0. The minimum absolute atomic E-state index is 0.219. The summed E-state index contributed by atoms with van der Waals surface area (Å²) in [6, 6.07) is 9.83. The largest absolute Gasteiger partial charge is 0.491 e. The molecule has 0 fully saturated rings. The molecule has 2 rings (SSSR count). The van der Waals surface area contributed by atoms with Crippen molar-refractivity contribution in [1.82, 2.24) is 10.6 Å². The molecule has 0 aliphatic carbocycles. The lowest BCUT2D eigenvalue weighted by molar-refractivity contribution is 0.321. The Kier molecular flexibility index (Phi) is 6.74. The number of nitrogens with one attached hydrogen (secondary N) is 2. The van der Waals surface area contributed by atoms with Crippen LogP contribution in [-0.4, -0.2) is 19.6 Å². The van der Waals surface area contributed by atoms with Crippen molar-refractivity contribution in [1.29, 1.82) is 0 Å². The maximum Gasteiger partial charge on any atom is 0.191 e. The molecule has 134 valence electrons. The molecule has 0 bridgehead atoms. The second-order valence-corrected chi connectivity index (χ2v) is 5.56. The van der Waals surface area contributed by atoms with Crippen LogP contribution in [0.5, 0.6) is 5.75 Å². The minimum Gasteiger partial charge on any atom is -0.491 e. The van der Waals surface area contributed by atoms with Gasteiger partial charge in [0.2, 0.25) is 0 Å². The number of hydrogen-bond donors (Lipinski definition) is 2. The average molecular weight is 347 g/mol. The maximum atomic E-state index is 13.9. The Bertz CT molecular complexity index is 747. The van der Waals surface area contributed by atoms with Crippen LogP contribution in [-0.2, 0) is 13.1 Å². The van der Waals surface area contributed by atoms with Gasteiger partial charge in [-0.3, -0.25) is 4.99 Å². The fourth-order valence-electron chi connectivity index (χ4n) is 2.34. The Morgan fingerprint density at radius 2 is 1.64 bits per heavy atom. The molecule has 2 N–H and O–H groups in total. The molecule has 0 spiro atoms. The molecule has 4 nitrogen and oxygen atoms in total. The standard InChI is InChI=1S/C19H23F2N3O/c1-4-25-18-8-6-15(10-17(18)21)12-24-19(22-3)23-11-14-5-7-16(20)13(2)9-14/h5-10H,4,11-12H2,1-3H3,(H2,22,23,24). The molecule has 25 heavy (non-hydrogen) atoms. The molecule has 0 heterocycles. The SMILES string of the molecule is CCOc1ccc(CNC(=NC)NCc2ccc(F)c(C)c2)cc1F. The van der Waals surface area contributed by atoms with Gasteiger partial charge < -0.3 is 15.4 Å². The second kappa shape index (κ2) is 9.01. The molecule has 0 unspecified atom stereocenters. The molecule has 0 atom stereocenters. The molecule has 2 aromatic carbocycles. The Labute approximate surface area is 146 Å². The number of aliphatic imine (C=N–C) groups is 1. The molecular weight excluding hydrogens is 324 g/mol. The number of halogens is 2. The first-order chi connectivity index (χ1) is 12.0. The molecule has 0 saturated heterocycles. The fourth-order valence-corrected chi connectivity index (χ4v) is 2.34. The van der Waals surface area contributed by atoms with Crippen molar-refractivity contribution in [3.8, 4) is 5.75 Å². The summed E-state index contributed by atoms with van der Waals surface area (Å²) in [5.74, 6) is 0.228. The zero-order valence-corrected chi connectivity index (χ0v) is 14.7. The number of rotatable bonds is 6. The number of benzene rings is 2. The van der Waals surface area contributed by atoms with Crippen molar-refractivity contribution in [3.63, 3.8) is 0 Å². The first-order valence-corrected chi connectivity index (χ1v) is 8.14. The van der Waals surface area contributed by atoms with E-state index in [1.54, 1.807) is 38.2 Å². The Balaban J connectivity index is 1.89. The quantitative estimate of drug-likeness (QED) is 0.621. The van der Waals surface area contributed by atoms with Gasteiger partial charge in [-0.2, -0.15) is 0 Å². The van der Waals surface area contributed by atoms with Gasteiger partial charge in [0.1, 0.15) is 5.82 Å². The minimum atomic E-state index is -0.383. The van der Waals surface area contributed by atoms with Crippen molar-refractivity contribution in [2.45, 2.75) is 26.9 Å². The first-order valence-electron chi connectivity index (χ1n) is 8.14. The van der Waals surface area contributed by atoms with Crippen molar-refractivity contribution < 1.29 is 13.5 Å². The molecule has 0 aliphatic heterocycles. The highest BCUT2D eigenvalue weighted by molar-refractivity contribution is 5.79. The lowest BCUT2D eigenvalue weighted by Gasteiger charge is -2.13. The third-order valence-corrected chi connectivity index (χ3v) is 3.66. The van der Waals surface area contributed by atoms with E-state index < -0.39 is 0 Å². The number of ether oxygens (including phenoxy) is 1. The predicted molar refractivity (Wildman–Crippen MR) is 95.7 cm³/mol. The van der Waals surface area contributed by atoms with Gasteiger partial charge in [0.15, 0.2) is 17.5 Å². The van der Waals surface area contributed by atoms with Crippen LogP contribution in [0.4, 0.5) is 8.78 Å². The summed E-state index contributed by atoms with van der Waals surface area (Å²) in [6.07, 6.45) is 0.